The monoisotopic (exact) mass is 350 g/mol. The maximum Gasteiger partial charge on any atom is 0.328 e. The van der Waals surface area contributed by atoms with E-state index in [9.17, 15) is 4.79 Å². The number of alkyl halides is 1. The summed E-state index contributed by atoms with van der Waals surface area (Å²) in [6, 6.07) is 6.43. The summed E-state index contributed by atoms with van der Waals surface area (Å²) >= 11 is 3.92. The van der Waals surface area contributed by atoms with E-state index in [2.05, 4.69) is 34.1 Å². The molecule has 1 aliphatic carbocycles. The van der Waals surface area contributed by atoms with Crippen LogP contribution >= 0.6 is 15.9 Å². The van der Waals surface area contributed by atoms with Crippen molar-refractivity contribution in [3.05, 3.63) is 34.2 Å². The van der Waals surface area contributed by atoms with Crippen LogP contribution in [0.3, 0.4) is 0 Å². The molecule has 3 nitrogen and oxygen atoms in total. The summed E-state index contributed by atoms with van der Waals surface area (Å²) in [5.74, 6) is 0.714. The average molecular weight is 351 g/mol. The summed E-state index contributed by atoms with van der Waals surface area (Å²) in [5, 5.41) is 0. The van der Waals surface area contributed by atoms with E-state index in [0.29, 0.717) is 10.7 Å². The van der Waals surface area contributed by atoms with Crippen LogP contribution < -0.4 is 5.69 Å². The van der Waals surface area contributed by atoms with Crippen molar-refractivity contribution in [1.29, 1.82) is 0 Å². The zero-order valence-corrected chi connectivity index (χ0v) is 14.4. The van der Waals surface area contributed by atoms with Crippen molar-refractivity contribution in [2.24, 2.45) is 20.0 Å². The van der Waals surface area contributed by atoms with Crippen LogP contribution in [0.4, 0.5) is 0 Å². The number of imidazole rings is 1. The lowest BCUT2D eigenvalue weighted by molar-refractivity contribution is 0.455. The highest BCUT2D eigenvalue weighted by Crippen LogP contribution is 2.39. The molecule has 3 rings (SSSR count). The van der Waals surface area contributed by atoms with Gasteiger partial charge in [-0.1, -0.05) is 47.7 Å². The minimum atomic E-state index is 0.0442. The van der Waals surface area contributed by atoms with Crippen molar-refractivity contribution < 1.29 is 0 Å². The number of aromatic nitrogens is 2. The van der Waals surface area contributed by atoms with Gasteiger partial charge in [-0.15, -0.1) is 0 Å². The Hall–Kier alpha value is -1.03. The topological polar surface area (TPSA) is 26.9 Å². The quantitative estimate of drug-likeness (QED) is 0.586. The minimum Gasteiger partial charge on any atom is -0.295 e. The van der Waals surface area contributed by atoms with Gasteiger partial charge in [-0.2, -0.15) is 0 Å². The predicted octanol–water partition coefficient (Wildman–Crippen LogP) is 4.28. The molecule has 0 aliphatic heterocycles. The molecule has 114 valence electrons. The minimum absolute atomic E-state index is 0.0442. The second-order valence-corrected chi connectivity index (χ2v) is 7.29. The fourth-order valence-corrected chi connectivity index (χ4v) is 4.38. The molecule has 1 aromatic heterocycles. The summed E-state index contributed by atoms with van der Waals surface area (Å²) in [6.45, 7) is 0. The van der Waals surface area contributed by atoms with Crippen LogP contribution in [0.15, 0.2) is 23.0 Å². The first-order chi connectivity index (χ1) is 10.1. The van der Waals surface area contributed by atoms with Crippen molar-refractivity contribution >= 4 is 27.0 Å². The second-order valence-electron chi connectivity index (χ2n) is 6.30. The van der Waals surface area contributed by atoms with E-state index < -0.39 is 0 Å². The fraction of sp³-hybridized carbons (Fsp3) is 0.588. The number of aryl methyl sites for hydroxylation is 2. The van der Waals surface area contributed by atoms with Crippen molar-refractivity contribution in [2.45, 2.75) is 43.4 Å². The van der Waals surface area contributed by atoms with E-state index in [1.165, 1.54) is 44.1 Å². The maximum atomic E-state index is 12.0. The average Bonchev–Trinajstić information content (AvgIpc) is 2.74. The van der Waals surface area contributed by atoms with Crippen LogP contribution in [0.2, 0.25) is 0 Å². The van der Waals surface area contributed by atoms with Crippen molar-refractivity contribution in [2.75, 3.05) is 0 Å². The number of nitrogens with zero attached hydrogens (tertiary/aromatic N) is 2. The molecule has 1 unspecified atom stereocenters. The molecule has 0 N–H and O–H groups in total. The van der Waals surface area contributed by atoms with Gasteiger partial charge in [0.2, 0.25) is 0 Å². The van der Waals surface area contributed by atoms with E-state index in [-0.39, 0.29) is 5.69 Å². The number of hydrogen-bond donors (Lipinski definition) is 0. The van der Waals surface area contributed by atoms with Gasteiger partial charge in [0.1, 0.15) is 0 Å². The van der Waals surface area contributed by atoms with E-state index in [1.54, 1.807) is 9.13 Å². The Morgan fingerprint density at radius 1 is 1.05 bits per heavy atom. The molecule has 0 saturated heterocycles. The van der Waals surface area contributed by atoms with E-state index >= 15 is 0 Å². The Balaban J connectivity index is 1.96. The van der Waals surface area contributed by atoms with Crippen LogP contribution in [0.1, 0.15) is 48.9 Å². The Kier molecular flexibility index (Phi) is 4.25. The molecule has 21 heavy (non-hydrogen) atoms. The third kappa shape index (κ3) is 2.70. The standard InChI is InChI=1S/C17H23BrN2O/c1-19-14-10-9-13(11-15(14)20(2)17(19)21)16(18)12-7-5-3-4-6-8-12/h9-12,16H,3-8H2,1-2H3. The van der Waals surface area contributed by atoms with E-state index in [1.807, 2.05) is 14.1 Å². The highest BCUT2D eigenvalue weighted by atomic mass is 79.9. The lowest BCUT2D eigenvalue weighted by atomic mass is 9.92. The van der Waals surface area contributed by atoms with Crippen LogP contribution in [0, 0.1) is 5.92 Å². The number of halogens is 1. The number of rotatable bonds is 2. The van der Waals surface area contributed by atoms with Gasteiger partial charge in [-0.05, 0) is 36.5 Å². The fourth-order valence-electron chi connectivity index (χ4n) is 3.57. The summed E-state index contributed by atoms with van der Waals surface area (Å²) in [6.07, 6.45) is 8.06. The summed E-state index contributed by atoms with van der Waals surface area (Å²) in [7, 11) is 3.69. The molecule has 1 fully saturated rings. The van der Waals surface area contributed by atoms with Gasteiger partial charge >= 0.3 is 5.69 Å². The molecule has 0 bridgehead atoms. The largest absolute Gasteiger partial charge is 0.328 e. The van der Waals surface area contributed by atoms with Crippen molar-refractivity contribution in [3.8, 4) is 0 Å². The maximum absolute atomic E-state index is 12.0. The lowest BCUT2D eigenvalue weighted by Crippen LogP contribution is -2.19. The first-order valence-electron chi connectivity index (χ1n) is 7.89. The molecule has 2 aromatic rings. The first kappa shape index (κ1) is 14.9. The van der Waals surface area contributed by atoms with E-state index in [4.69, 9.17) is 0 Å². The highest BCUT2D eigenvalue weighted by molar-refractivity contribution is 9.09. The normalized spacial score (nSPS) is 18.8. The summed E-state index contributed by atoms with van der Waals surface area (Å²) in [5.41, 5.74) is 3.38. The molecule has 1 atom stereocenters. The van der Waals surface area contributed by atoms with Gasteiger partial charge in [-0.25, -0.2) is 4.79 Å². The van der Waals surface area contributed by atoms with Crippen molar-refractivity contribution in [1.82, 2.24) is 9.13 Å². The van der Waals surface area contributed by atoms with Crippen molar-refractivity contribution in [3.63, 3.8) is 0 Å². The van der Waals surface area contributed by atoms with Gasteiger partial charge in [0.15, 0.2) is 0 Å². The predicted molar refractivity (Wildman–Crippen MR) is 91.0 cm³/mol. The van der Waals surface area contributed by atoms with Gasteiger partial charge in [0, 0.05) is 18.9 Å². The molecule has 4 heteroatoms. The highest BCUT2D eigenvalue weighted by Gasteiger charge is 2.22. The van der Waals surface area contributed by atoms with Gasteiger partial charge in [-0.3, -0.25) is 9.13 Å². The van der Waals surface area contributed by atoms with Crippen LogP contribution in [-0.2, 0) is 14.1 Å². The molecule has 1 saturated carbocycles. The Labute approximate surface area is 134 Å². The zero-order chi connectivity index (χ0) is 15.0. The molecule has 0 radical (unpaired) electrons. The number of benzene rings is 1. The Morgan fingerprint density at radius 2 is 1.67 bits per heavy atom. The third-order valence-corrected chi connectivity index (χ3v) is 6.20. The molecular weight excluding hydrogens is 328 g/mol. The molecule has 0 spiro atoms. The first-order valence-corrected chi connectivity index (χ1v) is 8.80. The SMILES string of the molecule is Cn1c(=O)n(C)c2cc(C(Br)C3CCCCCC3)ccc21. The molecule has 1 aliphatic rings. The van der Waals surface area contributed by atoms with E-state index in [0.717, 1.165) is 11.0 Å². The second kappa shape index (κ2) is 5.99. The number of fused-ring (bicyclic) bond motifs is 1. The molecule has 1 aromatic carbocycles. The van der Waals surface area contributed by atoms with Gasteiger partial charge in [0.05, 0.1) is 11.0 Å². The Morgan fingerprint density at radius 3 is 2.33 bits per heavy atom. The molecule has 1 heterocycles. The Bertz CT molecular complexity index is 693. The molecular formula is C17H23BrN2O. The lowest BCUT2D eigenvalue weighted by Gasteiger charge is -2.21. The zero-order valence-electron chi connectivity index (χ0n) is 12.8. The van der Waals surface area contributed by atoms with Crippen LogP contribution in [0.5, 0.6) is 0 Å². The summed E-state index contributed by atoms with van der Waals surface area (Å²) < 4.78 is 3.46. The number of hydrogen-bond acceptors (Lipinski definition) is 1. The molecule has 0 amide bonds. The van der Waals surface area contributed by atoms with Crippen LogP contribution in [-0.4, -0.2) is 9.13 Å². The van der Waals surface area contributed by atoms with Gasteiger partial charge in [0.25, 0.3) is 0 Å². The smallest absolute Gasteiger partial charge is 0.295 e. The van der Waals surface area contributed by atoms with Gasteiger partial charge < -0.3 is 0 Å². The third-order valence-electron chi connectivity index (χ3n) is 4.93. The van der Waals surface area contributed by atoms with Crippen LogP contribution in [0.25, 0.3) is 11.0 Å². The summed E-state index contributed by atoms with van der Waals surface area (Å²) in [4.78, 5) is 12.4.